The third-order valence-electron chi connectivity index (χ3n) is 10.8. The third kappa shape index (κ3) is 39.1. The molecule has 2 atom stereocenters. The average Bonchev–Trinajstić information content (AvgIpc) is 3.17. The Kier molecular flexibility index (Phi) is 39.0. The number of carbonyl (C=O) groups is 3. The first-order chi connectivity index (χ1) is 27.6. The molecule has 0 aromatic carbocycles. The molecule has 0 saturated heterocycles. The maximum atomic E-state index is 12.8. The van der Waals surface area contributed by atoms with Crippen molar-refractivity contribution in [3.05, 3.63) is 24.3 Å². The fourth-order valence-electron chi connectivity index (χ4n) is 7.08. The Labute approximate surface area is 351 Å². The number of nitrogens with zero attached hydrogens (tertiary/aromatic N) is 1. The SMILES string of the molecule is CCCCCCCC/C=C/CCCCCC(=O)OCC(COCCC(C(=O)O)[N+](C)(C)C)OC(=O)CCCCCCCCC/C=C/CCCCCCCCCCC. The number of quaternary nitrogens is 1. The molecule has 334 valence electrons. The number of carboxylic acid groups (broad SMARTS) is 1. The van der Waals surface area contributed by atoms with Gasteiger partial charge in [0.25, 0.3) is 0 Å². The summed E-state index contributed by atoms with van der Waals surface area (Å²) >= 11 is 0. The van der Waals surface area contributed by atoms with Crippen LogP contribution in [0.4, 0.5) is 0 Å². The zero-order chi connectivity index (χ0) is 42.1. The molecule has 0 bridgehead atoms. The zero-order valence-corrected chi connectivity index (χ0v) is 38.1. The minimum Gasteiger partial charge on any atom is -0.477 e. The van der Waals surface area contributed by atoms with Crippen LogP contribution in [0.15, 0.2) is 24.3 Å². The largest absolute Gasteiger partial charge is 0.477 e. The molecule has 0 aliphatic carbocycles. The van der Waals surface area contributed by atoms with Gasteiger partial charge in [-0.05, 0) is 64.2 Å². The quantitative estimate of drug-likeness (QED) is 0.0283. The number of carbonyl (C=O) groups excluding carboxylic acids is 2. The van der Waals surface area contributed by atoms with E-state index in [1.807, 2.05) is 21.1 Å². The fourth-order valence-corrected chi connectivity index (χ4v) is 7.08. The molecular weight excluding hydrogens is 715 g/mol. The fraction of sp³-hybridized carbons (Fsp3) is 0.857. The molecule has 0 heterocycles. The van der Waals surface area contributed by atoms with Crippen LogP contribution in [-0.4, -0.2) is 80.6 Å². The molecule has 0 radical (unpaired) electrons. The van der Waals surface area contributed by atoms with Crippen LogP contribution in [0.5, 0.6) is 0 Å². The molecule has 8 heteroatoms. The Morgan fingerprint density at radius 2 is 0.877 bits per heavy atom. The summed E-state index contributed by atoms with van der Waals surface area (Å²) in [4.78, 5) is 37.0. The Bertz CT molecular complexity index is 989. The minimum atomic E-state index is -0.876. The van der Waals surface area contributed by atoms with Crippen LogP contribution < -0.4 is 0 Å². The molecule has 0 aliphatic heterocycles. The van der Waals surface area contributed by atoms with Gasteiger partial charge in [-0.25, -0.2) is 4.79 Å². The number of esters is 2. The summed E-state index contributed by atoms with van der Waals surface area (Å²) in [5.74, 6) is -1.48. The average molecular weight is 807 g/mol. The second kappa shape index (κ2) is 40.6. The smallest absolute Gasteiger partial charge is 0.362 e. The number of unbranched alkanes of at least 4 members (excludes halogenated alkanes) is 25. The van der Waals surface area contributed by atoms with Crippen molar-refractivity contribution in [2.75, 3.05) is 41.0 Å². The predicted molar refractivity (Wildman–Crippen MR) is 238 cm³/mol. The van der Waals surface area contributed by atoms with E-state index in [0.717, 1.165) is 51.4 Å². The normalized spacial score (nSPS) is 13.1. The zero-order valence-electron chi connectivity index (χ0n) is 38.1. The first kappa shape index (κ1) is 54.8. The van der Waals surface area contributed by atoms with Crippen molar-refractivity contribution in [2.24, 2.45) is 0 Å². The summed E-state index contributed by atoms with van der Waals surface area (Å²) in [6.45, 7) is 4.73. The monoisotopic (exact) mass is 807 g/mol. The van der Waals surface area contributed by atoms with E-state index in [9.17, 15) is 19.5 Å². The van der Waals surface area contributed by atoms with Crippen molar-refractivity contribution in [2.45, 2.75) is 231 Å². The first-order valence-electron chi connectivity index (χ1n) is 23.9. The lowest BCUT2D eigenvalue weighted by Crippen LogP contribution is -2.50. The highest BCUT2D eigenvalue weighted by Gasteiger charge is 2.31. The lowest BCUT2D eigenvalue weighted by molar-refractivity contribution is -0.887. The van der Waals surface area contributed by atoms with Crippen LogP contribution in [0.3, 0.4) is 0 Å². The lowest BCUT2D eigenvalue weighted by atomic mass is 10.1. The van der Waals surface area contributed by atoms with Crippen molar-refractivity contribution in [3.63, 3.8) is 0 Å². The number of hydrogen-bond donors (Lipinski definition) is 1. The van der Waals surface area contributed by atoms with Crippen molar-refractivity contribution in [1.29, 1.82) is 0 Å². The first-order valence-corrected chi connectivity index (χ1v) is 23.9. The summed E-state index contributed by atoms with van der Waals surface area (Å²) in [5, 5.41) is 9.63. The summed E-state index contributed by atoms with van der Waals surface area (Å²) in [6, 6.07) is -0.615. The van der Waals surface area contributed by atoms with Gasteiger partial charge in [-0.1, -0.05) is 160 Å². The number of likely N-dealkylation sites (N-methyl/N-ethyl adjacent to an activating group) is 1. The van der Waals surface area contributed by atoms with Gasteiger partial charge in [0.15, 0.2) is 12.1 Å². The van der Waals surface area contributed by atoms with Crippen LogP contribution in [0.2, 0.25) is 0 Å². The summed E-state index contributed by atoms with van der Waals surface area (Å²) in [6.07, 6.45) is 45.1. The van der Waals surface area contributed by atoms with E-state index in [1.165, 1.54) is 135 Å². The molecule has 2 unspecified atom stereocenters. The Morgan fingerprint density at radius 1 is 0.509 bits per heavy atom. The highest BCUT2D eigenvalue weighted by Crippen LogP contribution is 2.15. The van der Waals surface area contributed by atoms with Gasteiger partial charge in [0.2, 0.25) is 0 Å². The molecule has 0 saturated carbocycles. The van der Waals surface area contributed by atoms with Crippen LogP contribution in [0, 0.1) is 0 Å². The van der Waals surface area contributed by atoms with Gasteiger partial charge >= 0.3 is 17.9 Å². The maximum absolute atomic E-state index is 12.8. The van der Waals surface area contributed by atoms with Crippen LogP contribution >= 0.6 is 0 Å². The van der Waals surface area contributed by atoms with E-state index in [1.54, 1.807) is 0 Å². The van der Waals surface area contributed by atoms with Gasteiger partial charge < -0.3 is 23.8 Å². The lowest BCUT2D eigenvalue weighted by Gasteiger charge is -2.31. The summed E-state index contributed by atoms with van der Waals surface area (Å²) in [7, 11) is 5.53. The van der Waals surface area contributed by atoms with E-state index in [-0.39, 0.29) is 36.2 Å². The van der Waals surface area contributed by atoms with Gasteiger partial charge in [0, 0.05) is 19.3 Å². The second-order valence-electron chi connectivity index (χ2n) is 17.4. The molecule has 8 nitrogen and oxygen atoms in total. The summed E-state index contributed by atoms with van der Waals surface area (Å²) in [5.41, 5.74) is 0. The van der Waals surface area contributed by atoms with Crippen molar-refractivity contribution in [3.8, 4) is 0 Å². The van der Waals surface area contributed by atoms with Crippen LogP contribution in [0.1, 0.15) is 219 Å². The number of carboxylic acids is 1. The summed E-state index contributed by atoms with van der Waals surface area (Å²) < 4.78 is 17.3. The Morgan fingerprint density at radius 3 is 1.28 bits per heavy atom. The maximum Gasteiger partial charge on any atom is 0.362 e. The van der Waals surface area contributed by atoms with E-state index >= 15 is 0 Å². The molecular formula is C49H92NO7+. The highest BCUT2D eigenvalue weighted by molar-refractivity contribution is 5.72. The highest BCUT2D eigenvalue weighted by atomic mass is 16.6. The molecule has 1 N–H and O–H groups in total. The Hall–Kier alpha value is -2.19. The van der Waals surface area contributed by atoms with Gasteiger partial charge in [-0.3, -0.25) is 9.59 Å². The van der Waals surface area contributed by atoms with Gasteiger partial charge in [0.05, 0.1) is 34.4 Å². The predicted octanol–water partition coefficient (Wildman–Crippen LogP) is 13.3. The van der Waals surface area contributed by atoms with Gasteiger partial charge in [-0.15, -0.1) is 0 Å². The van der Waals surface area contributed by atoms with E-state index in [4.69, 9.17) is 14.2 Å². The number of allylic oxidation sites excluding steroid dienone is 4. The number of aliphatic carboxylic acids is 1. The molecule has 0 aromatic rings. The molecule has 0 spiro atoms. The minimum absolute atomic E-state index is 0.0576. The van der Waals surface area contributed by atoms with Gasteiger partial charge in [0.1, 0.15) is 6.61 Å². The number of rotatable bonds is 43. The van der Waals surface area contributed by atoms with E-state index < -0.39 is 18.1 Å². The second-order valence-corrected chi connectivity index (χ2v) is 17.4. The third-order valence-corrected chi connectivity index (χ3v) is 10.8. The molecule has 0 fully saturated rings. The molecule has 0 rings (SSSR count). The number of hydrogen-bond acceptors (Lipinski definition) is 6. The standard InChI is InChI=1S/C49H91NO7/c1-6-8-10-12-14-16-18-20-21-22-23-24-25-26-28-30-32-34-36-38-40-48(52)57-45(43-55-42-41-46(49(53)54)50(3,4)5)44-56-47(51)39-37-35-33-31-29-27-19-17-15-13-11-9-7-2/h23-24,27,29,45-46H,6-22,25-26,28,30-44H2,1-5H3/p+1/b24-23+,29-27+. The van der Waals surface area contributed by atoms with Crippen molar-refractivity contribution >= 4 is 17.9 Å². The topological polar surface area (TPSA) is 99.1 Å². The van der Waals surface area contributed by atoms with Gasteiger partial charge in [-0.2, -0.15) is 0 Å². The van der Waals surface area contributed by atoms with E-state index in [0.29, 0.717) is 19.3 Å². The Balaban J connectivity index is 4.28. The van der Waals surface area contributed by atoms with Crippen molar-refractivity contribution in [1.82, 2.24) is 0 Å². The van der Waals surface area contributed by atoms with E-state index in [2.05, 4.69) is 38.2 Å². The molecule has 57 heavy (non-hydrogen) atoms. The van der Waals surface area contributed by atoms with Crippen molar-refractivity contribution < 1.29 is 38.2 Å². The van der Waals surface area contributed by atoms with Crippen LogP contribution in [-0.2, 0) is 28.6 Å². The molecule has 0 aromatic heterocycles. The molecule has 0 amide bonds. The molecule has 0 aliphatic rings. The number of ether oxygens (including phenoxy) is 3. The van der Waals surface area contributed by atoms with Crippen LogP contribution in [0.25, 0.3) is 0 Å².